The van der Waals surface area contributed by atoms with Crippen LogP contribution in [0.4, 0.5) is 4.39 Å². The zero-order valence-electron chi connectivity index (χ0n) is 9.21. The van der Waals surface area contributed by atoms with Gasteiger partial charge in [-0.15, -0.1) is 0 Å². The lowest BCUT2D eigenvalue weighted by Crippen LogP contribution is -2.24. The van der Waals surface area contributed by atoms with E-state index < -0.39 is 0 Å². The summed E-state index contributed by atoms with van der Waals surface area (Å²) in [5.41, 5.74) is 0.916. The first-order valence-corrected chi connectivity index (χ1v) is 6.00. The number of rotatable bonds is 5. The number of hydrogen-bond donors (Lipinski definition) is 0. The molecule has 0 atom stereocenters. The van der Waals surface area contributed by atoms with Gasteiger partial charge in [-0.1, -0.05) is 19.1 Å². The zero-order valence-corrected chi connectivity index (χ0v) is 10.8. The normalized spacial score (nSPS) is 10.4. The van der Waals surface area contributed by atoms with Crippen LogP contribution < -0.4 is 0 Å². The van der Waals surface area contributed by atoms with Gasteiger partial charge in [-0.25, -0.2) is 4.39 Å². The third-order valence-electron chi connectivity index (χ3n) is 2.41. The van der Waals surface area contributed by atoms with Gasteiger partial charge in [0.05, 0.1) is 10.5 Å². The second kappa shape index (κ2) is 6.62. The van der Waals surface area contributed by atoms with Crippen molar-refractivity contribution in [3.05, 3.63) is 34.1 Å². The van der Waals surface area contributed by atoms with Crippen molar-refractivity contribution in [2.75, 3.05) is 13.1 Å². The number of nitrogens with zero attached hydrogens (tertiary/aromatic N) is 2. The monoisotopic (exact) mass is 284 g/mol. The average Bonchev–Trinajstić information content (AvgIpc) is 2.30. The Balaban J connectivity index is 2.71. The summed E-state index contributed by atoms with van der Waals surface area (Å²) >= 11 is 3.24. The van der Waals surface area contributed by atoms with Gasteiger partial charge >= 0.3 is 0 Å². The molecule has 0 radical (unpaired) electrons. The zero-order chi connectivity index (χ0) is 12.0. The molecule has 0 unspecified atom stereocenters. The Labute approximate surface area is 104 Å². The summed E-state index contributed by atoms with van der Waals surface area (Å²) in [5, 5.41) is 8.53. The smallest absolute Gasteiger partial charge is 0.137 e. The molecule has 1 aromatic carbocycles. The number of halogens is 2. The molecule has 0 aliphatic heterocycles. The van der Waals surface area contributed by atoms with Gasteiger partial charge < -0.3 is 0 Å². The minimum atomic E-state index is -0.242. The van der Waals surface area contributed by atoms with Crippen LogP contribution in [0, 0.1) is 17.1 Å². The molecule has 0 heterocycles. The Kier molecular flexibility index (Phi) is 5.44. The summed E-state index contributed by atoms with van der Waals surface area (Å²) in [4.78, 5) is 2.11. The molecule has 0 saturated carbocycles. The fraction of sp³-hybridized carbons (Fsp3) is 0.417. The molecule has 86 valence electrons. The fourth-order valence-corrected chi connectivity index (χ4v) is 1.86. The van der Waals surface area contributed by atoms with Crippen LogP contribution in [0.15, 0.2) is 22.7 Å². The Morgan fingerprint density at radius 1 is 1.50 bits per heavy atom. The van der Waals surface area contributed by atoms with Gasteiger partial charge in [0, 0.05) is 19.5 Å². The molecule has 0 aliphatic carbocycles. The van der Waals surface area contributed by atoms with Crippen molar-refractivity contribution in [3.63, 3.8) is 0 Å². The minimum Gasteiger partial charge on any atom is -0.298 e. The van der Waals surface area contributed by atoms with Crippen molar-refractivity contribution in [2.24, 2.45) is 0 Å². The molecule has 0 aliphatic rings. The first-order valence-electron chi connectivity index (χ1n) is 5.21. The second-order valence-electron chi connectivity index (χ2n) is 3.49. The Hall–Kier alpha value is -0.920. The third-order valence-corrected chi connectivity index (χ3v) is 3.30. The average molecular weight is 285 g/mol. The summed E-state index contributed by atoms with van der Waals surface area (Å²) in [5.74, 6) is -0.242. The van der Waals surface area contributed by atoms with Crippen LogP contribution in [0.25, 0.3) is 0 Å². The predicted octanol–water partition coefficient (Wildman–Crippen LogP) is 3.32. The lowest BCUT2D eigenvalue weighted by molar-refractivity contribution is 0.285. The van der Waals surface area contributed by atoms with E-state index in [9.17, 15) is 4.39 Å². The van der Waals surface area contributed by atoms with Crippen molar-refractivity contribution >= 4 is 15.9 Å². The second-order valence-corrected chi connectivity index (χ2v) is 4.28. The molecule has 0 saturated heterocycles. The van der Waals surface area contributed by atoms with E-state index in [1.165, 1.54) is 6.07 Å². The van der Waals surface area contributed by atoms with Crippen LogP contribution in [0.5, 0.6) is 0 Å². The molecule has 16 heavy (non-hydrogen) atoms. The van der Waals surface area contributed by atoms with Gasteiger partial charge in [0.15, 0.2) is 0 Å². The van der Waals surface area contributed by atoms with E-state index in [1.807, 2.05) is 13.0 Å². The van der Waals surface area contributed by atoms with Crippen LogP contribution in [0.1, 0.15) is 18.9 Å². The topological polar surface area (TPSA) is 27.0 Å². The van der Waals surface area contributed by atoms with Gasteiger partial charge in [0.1, 0.15) is 5.82 Å². The largest absolute Gasteiger partial charge is 0.298 e. The lowest BCUT2D eigenvalue weighted by atomic mass is 10.2. The Bertz CT molecular complexity index is 387. The Morgan fingerprint density at radius 3 is 2.88 bits per heavy atom. The van der Waals surface area contributed by atoms with E-state index >= 15 is 0 Å². The van der Waals surface area contributed by atoms with E-state index in [-0.39, 0.29) is 5.82 Å². The van der Waals surface area contributed by atoms with Crippen LogP contribution in [-0.4, -0.2) is 18.0 Å². The van der Waals surface area contributed by atoms with Crippen molar-refractivity contribution in [2.45, 2.75) is 19.9 Å². The Morgan fingerprint density at radius 2 is 2.25 bits per heavy atom. The van der Waals surface area contributed by atoms with Crippen LogP contribution in [-0.2, 0) is 6.54 Å². The standard InChI is InChI=1S/C12H14BrFN2/c1-2-16(8-4-7-15)9-10-5-3-6-11(14)12(10)13/h3,5-6H,2,4,8-9H2,1H3. The molecule has 1 rings (SSSR count). The molecule has 0 bridgehead atoms. The SMILES string of the molecule is CCN(CCC#N)Cc1cccc(F)c1Br. The molecule has 0 N–H and O–H groups in total. The summed E-state index contributed by atoms with van der Waals surface area (Å²) in [6.07, 6.45) is 0.501. The van der Waals surface area contributed by atoms with E-state index in [0.29, 0.717) is 17.4 Å². The van der Waals surface area contributed by atoms with Crippen LogP contribution >= 0.6 is 15.9 Å². The summed E-state index contributed by atoms with van der Waals surface area (Å²) < 4.78 is 13.8. The third kappa shape index (κ3) is 3.58. The van der Waals surface area contributed by atoms with Crippen molar-refractivity contribution in [1.29, 1.82) is 5.26 Å². The van der Waals surface area contributed by atoms with E-state index in [0.717, 1.165) is 18.7 Å². The van der Waals surface area contributed by atoms with Crippen molar-refractivity contribution in [1.82, 2.24) is 4.90 Å². The summed E-state index contributed by atoms with van der Waals surface area (Å²) in [7, 11) is 0. The first-order chi connectivity index (χ1) is 7.69. The van der Waals surface area contributed by atoms with Crippen LogP contribution in [0.2, 0.25) is 0 Å². The van der Waals surface area contributed by atoms with Gasteiger partial charge in [-0.05, 0) is 34.1 Å². The molecule has 2 nitrogen and oxygen atoms in total. The molecule has 0 spiro atoms. The lowest BCUT2D eigenvalue weighted by Gasteiger charge is -2.19. The number of nitriles is 1. The van der Waals surface area contributed by atoms with E-state index in [4.69, 9.17) is 5.26 Å². The summed E-state index contributed by atoms with van der Waals surface area (Å²) in [6.45, 7) is 4.27. The molecule has 4 heteroatoms. The highest BCUT2D eigenvalue weighted by Crippen LogP contribution is 2.21. The highest BCUT2D eigenvalue weighted by molar-refractivity contribution is 9.10. The van der Waals surface area contributed by atoms with E-state index in [1.54, 1.807) is 6.07 Å². The van der Waals surface area contributed by atoms with E-state index in [2.05, 4.69) is 26.9 Å². The predicted molar refractivity (Wildman–Crippen MR) is 65.3 cm³/mol. The quantitative estimate of drug-likeness (QED) is 0.829. The van der Waals surface area contributed by atoms with Crippen molar-refractivity contribution < 1.29 is 4.39 Å². The maximum absolute atomic E-state index is 13.3. The molecular weight excluding hydrogens is 271 g/mol. The highest BCUT2D eigenvalue weighted by atomic mass is 79.9. The molecular formula is C12H14BrFN2. The molecule has 0 fully saturated rings. The summed E-state index contributed by atoms with van der Waals surface area (Å²) in [6, 6.07) is 7.14. The maximum atomic E-state index is 13.3. The minimum absolute atomic E-state index is 0.242. The van der Waals surface area contributed by atoms with Crippen LogP contribution in [0.3, 0.4) is 0 Å². The molecule has 1 aromatic rings. The maximum Gasteiger partial charge on any atom is 0.137 e. The number of benzene rings is 1. The van der Waals surface area contributed by atoms with Crippen molar-refractivity contribution in [3.8, 4) is 6.07 Å². The number of hydrogen-bond acceptors (Lipinski definition) is 2. The van der Waals surface area contributed by atoms with Gasteiger partial charge in [-0.3, -0.25) is 4.90 Å². The van der Waals surface area contributed by atoms with Gasteiger partial charge in [0.2, 0.25) is 0 Å². The molecule has 0 aromatic heterocycles. The highest BCUT2D eigenvalue weighted by Gasteiger charge is 2.08. The van der Waals surface area contributed by atoms with Gasteiger partial charge in [-0.2, -0.15) is 5.26 Å². The first kappa shape index (κ1) is 13.1. The van der Waals surface area contributed by atoms with Gasteiger partial charge in [0.25, 0.3) is 0 Å². The fourth-order valence-electron chi connectivity index (χ4n) is 1.47. The molecule has 0 amide bonds.